The first-order chi connectivity index (χ1) is 13.2. The van der Waals surface area contributed by atoms with Crippen molar-refractivity contribution in [2.45, 2.75) is 87.7 Å². The van der Waals surface area contributed by atoms with E-state index in [4.69, 9.17) is 18.9 Å². The zero-order valence-corrected chi connectivity index (χ0v) is 17.2. The number of ether oxygens (including phenoxy) is 4. The molecular weight excluding hydrogens is 368 g/mol. The molecule has 2 saturated heterocycles. The van der Waals surface area contributed by atoms with Gasteiger partial charge in [0.15, 0.2) is 0 Å². The molecule has 0 amide bonds. The van der Waals surface area contributed by atoms with Gasteiger partial charge < -0.3 is 39.4 Å². The Morgan fingerprint density at radius 2 is 1.07 bits per heavy atom. The van der Waals surface area contributed by atoms with Crippen LogP contribution >= 0.6 is 0 Å². The minimum atomic E-state index is -0.880. The standard InChI is InChI=1S/2C10H18O4/c2*1-4-5-7-8(11)9(12)10(14-7)6(2)13-3/h2*4,6-12H,1,5H2,2-3H3. The highest BCUT2D eigenvalue weighted by atomic mass is 16.6. The van der Waals surface area contributed by atoms with Crippen LogP contribution in [0.4, 0.5) is 0 Å². The Bertz CT molecular complexity index is 431. The van der Waals surface area contributed by atoms with E-state index in [-0.39, 0.29) is 24.4 Å². The van der Waals surface area contributed by atoms with Crippen LogP contribution in [0.5, 0.6) is 0 Å². The summed E-state index contributed by atoms with van der Waals surface area (Å²) in [6, 6.07) is 0. The summed E-state index contributed by atoms with van der Waals surface area (Å²) in [5, 5.41) is 38.6. The fourth-order valence-corrected chi connectivity index (χ4v) is 3.32. The Morgan fingerprint density at radius 3 is 1.32 bits per heavy atom. The first-order valence-electron chi connectivity index (χ1n) is 9.53. The Kier molecular flexibility index (Phi) is 10.8. The van der Waals surface area contributed by atoms with E-state index in [1.807, 2.05) is 0 Å². The number of methoxy groups -OCH3 is 2. The molecule has 0 radical (unpaired) electrons. The van der Waals surface area contributed by atoms with E-state index in [0.717, 1.165) is 0 Å². The first-order valence-corrected chi connectivity index (χ1v) is 9.53. The molecule has 10 unspecified atom stereocenters. The number of rotatable bonds is 8. The van der Waals surface area contributed by atoms with Crippen LogP contribution in [0.2, 0.25) is 0 Å². The fraction of sp³-hybridized carbons (Fsp3) is 0.800. The molecule has 0 aromatic heterocycles. The van der Waals surface area contributed by atoms with Crippen LogP contribution in [-0.2, 0) is 18.9 Å². The van der Waals surface area contributed by atoms with Gasteiger partial charge in [0.1, 0.15) is 36.6 Å². The smallest absolute Gasteiger partial charge is 0.112 e. The van der Waals surface area contributed by atoms with E-state index in [9.17, 15) is 20.4 Å². The van der Waals surface area contributed by atoms with E-state index in [0.29, 0.717) is 12.8 Å². The van der Waals surface area contributed by atoms with Gasteiger partial charge in [-0.05, 0) is 26.7 Å². The van der Waals surface area contributed by atoms with Crippen LogP contribution in [0.3, 0.4) is 0 Å². The fourth-order valence-electron chi connectivity index (χ4n) is 3.32. The van der Waals surface area contributed by atoms with E-state index < -0.39 is 36.6 Å². The van der Waals surface area contributed by atoms with E-state index in [2.05, 4.69) is 13.2 Å². The predicted molar refractivity (Wildman–Crippen MR) is 104 cm³/mol. The normalized spacial score (nSPS) is 39.7. The summed E-state index contributed by atoms with van der Waals surface area (Å²) >= 11 is 0. The van der Waals surface area contributed by atoms with Crippen molar-refractivity contribution in [1.29, 1.82) is 0 Å². The zero-order valence-electron chi connectivity index (χ0n) is 17.2. The van der Waals surface area contributed by atoms with Gasteiger partial charge in [0, 0.05) is 14.2 Å². The molecule has 0 aromatic rings. The van der Waals surface area contributed by atoms with Gasteiger partial charge in [-0.15, -0.1) is 13.2 Å². The Labute approximate surface area is 167 Å². The summed E-state index contributed by atoms with van der Waals surface area (Å²) in [7, 11) is 3.10. The molecule has 0 aliphatic carbocycles. The van der Waals surface area contributed by atoms with Crippen molar-refractivity contribution >= 4 is 0 Å². The second kappa shape index (κ2) is 12.0. The lowest BCUT2D eigenvalue weighted by atomic mass is 10.0. The molecule has 8 heteroatoms. The Hall–Kier alpha value is -0.840. The SMILES string of the molecule is C=CCC1OC(C(C)OC)C(O)C1O.C=CCC1OC(C(C)OC)C(O)C1O. The monoisotopic (exact) mass is 404 g/mol. The third-order valence-electron chi connectivity index (χ3n) is 5.27. The summed E-state index contributed by atoms with van der Waals surface area (Å²) in [6.45, 7) is 10.7. The van der Waals surface area contributed by atoms with Gasteiger partial charge in [-0.25, -0.2) is 0 Å². The second-order valence-electron chi connectivity index (χ2n) is 7.17. The molecule has 2 aliphatic rings. The molecule has 10 atom stereocenters. The van der Waals surface area contributed by atoms with Crippen molar-refractivity contribution in [2.75, 3.05) is 14.2 Å². The van der Waals surface area contributed by atoms with Crippen LogP contribution in [0.15, 0.2) is 25.3 Å². The second-order valence-corrected chi connectivity index (χ2v) is 7.17. The maximum atomic E-state index is 9.67. The number of hydrogen-bond acceptors (Lipinski definition) is 8. The molecule has 4 N–H and O–H groups in total. The van der Waals surface area contributed by atoms with Gasteiger partial charge in [-0.2, -0.15) is 0 Å². The highest BCUT2D eigenvalue weighted by Crippen LogP contribution is 2.27. The minimum absolute atomic E-state index is 0.227. The number of hydrogen-bond donors (Lipinski definition) is 4. The highest BCUT2D eigenvalue weighted by Gasteiger charge is 2.45. The lowest BCUT2D eigenvalue weighted by molar-refractivity contribution is -0.0724. The highest BCUT2D eigenvalue weighted by molar-refractivity contribution is 4.96. The quantitative estimate of drug-likeness (QED) is 0.423. The van der Waals surface area contributed by atoms with Gasteiger partial charge >= 0.3 is 0 Å². The summed E-state index contributed by atoms with van der Waals surface area (Å²) in [4.78, 5) is 0. The molecule has 28 heavy (non-hydrogen) atoms. The van der Waals surface area contributed by atoms with Crippen molar-refractivity contribution in [2.24, 2.45) is 0 Å². The summed E-state index contributed by atoms with van der Waals surface area (Å²) in [5.41, 5.74) is 0. The van der Waals surface area contributed by atoms with Crippen LogP contribution in [0.25, 0.3) is 0 Å². The molecule has 2 fully saturated rings. The van der Waals surface area contributed by atoms with E-state index in [1.54, 1.807) is 40.2 Å². The zero-order chi connectivity index (χ0) is 21.4. The minimum Gasteiger partial charge on any atom is -0.388 e. The Morgan fingerprint density at radius 1 is 0.750 bits per heavy atom. The van der Waals surface area contributed by atoms with Crippen LogP contribution in [0, 0.1) is 0 Å². The summed E-state index contributed by atoms with van der Waals surface area (Å²) in [5.74, 6) is 0. The molecule has 2 aliphatic heterocycles. The van der Waals surface area contributed by atoms with Crippen LogP contribution < -0.4 is 0 Å². The molecule has 2 heterocycles. The molecule has 0 spiro atoms. The molecule has 8 nitrogen and oxygen atoms in total. The topological polar surface area (TPSA) is 118 Å². The van der Waals surface area contributed by atoms with Crippen molar-refractivity contribution in [3.63, 3.8) is 0 Å². The number of aliphatic hydroxyl groups excluding tert-OH is 4. The molecule has 0 saturated carbocycles. The molecule has 0 aromatic carbocycles. The van der Waals surface area contributed by atoms with Gasteiger partial charge in [0.25, 0.3) is 0 Å². The van der Waals surface area contributed by atoms with Gasteiger partial charge in [0.2, 0.25) is 0 Å². The van der Waals surface area contributed by atoms with Crippen molar-refractivity contribution < 1.29 is 39.4 Å². The van der Waals surface area contributed by atoms with Crippen molar-refractivity contribution in [1.82, 2.24) is 0 Å². The third kappa shape index (κ3) is 6.08. The maximum absolute atomic E-state index is 9.67. The average molecular weight is 405 g/mol. The molecule has 164 valence electrons. The average Bonchev–Trinajstić information content (AvgIpc) is 3.13. The third-order valence-corrected chi connectivity index (χ3v) is 5.27. The maximum Gasteiger partial charge on any atom is 0.112 e. The molecule has 0 bridgehead atoms. The summed E-state index contributed by atoms with van der Waals surface area (Å²) in [6.07, 6.45) is -1.17. The van der Waals surface area contributed by atoms with Crippen molar-refractivity contribution in [3.05, 3.63) is 25.3 Å². The molecule has 2 rings (SSSR count). The molecular formula is C20H36O8. The van der Waals surface area contributed by atoms with Gasteiger partial charge in [-0.1, -0.05) is 12.2 Å². The number of aliphatic hydroxyl groups is 4. The summed E-state index contributed by atoms with van der Waals surface area (Å²) < 4.78 is 21.1. The lowest BCUT2D eigenvalue weighted by Crippen LogP contribution is -2.38. The largest absolute Gasteiger partial charge is 0.388 e. The van der Waals surface area contributed by atoms with Gasteiger partial charge in [0.05, 0.1) is 24.4 Å². The van der Waals surface area contributed by atoms with Gasteiger partial charge in [-0.3, -0.25) is 0 Å². The van der Waals surface area contributed by atoms with E-state index in [1.165, 1.54) is 0 Å². The lowest BCUT2D eigenvalue weighted by Gasteiger charge is -2.20. The van der Waals surface area contributed by atoms with E-state index >= 15 is 0 Å². The Balaban J connectivity index is 0.000000280. The van der Waals surface area contributed by atoms with Crippen LogP contribution in [-0.4, -0.2) is 95.7 Å². The predicted octanol–water partition coefficient (Wildman–Crippen LogP) is 0.173. The van der Waals surface area contributed by atoms with Crippen LogP contribution in [0.1, 0.15) is 26.7 Å². The van der Waals surface area contributed by atoms with Crippen molar-refractivity contribution in [3.8, 4) is 0 Å². The first kappa shape index (κ1) is 25.2.